The molecule has 0 fully saturated rings. The van der Waals surface area contributed by atoms with Crippen molar-refractivity contribution in [1.29, 1.82) is 0 Å². The van der Waals surface area contributed by atoms with Crippen molar-refractivity contribution in [3.8, 4) is 44.5 Å². The molecule has 0 unspecified atom stereocenters. The quantitative estimate of drug-likeness (QED) is 0.115. The second-order valence-corrected chi connectivity index (χ2v) is 22.4. The van der Waals surface area contributed by atoms with Crippen molar-refractivity contribution in [2.45, 2.75) is 38.9 Å². The summed E-state index contributed by atoms with van der Waals surface area (Å²) < 4.78 is 0. The average molecular weight is 762 g/mol. The fraction of sp³-hybridized carbons (Fsp3) is 0.107. The summed E-state index contributed by atoms with van der Waals surface area (Å²) in [6.45, 7) is 12.0. The van der Waals surface area contributed by atoms with E-state index in [4.69, 9.17) is 0 Å². The molecule has 9 aromatic carbocycles. The molecule has 0 bridgehead atoms. The minimum atomic E-state index is -1.47. The molecule has 1 aliphatic carbocycles. The summed E-state index contributed by atoms with van der Waals surface area (Å²) in [5.74, 6) is 0. The summed E-state index contributed by atoms with van der Waals surface area (Å²) in [5.41, 5.74) is 16.3. The fourth-order valence-corrected chi connectivity index (χ4v) is 10.5. The van der Waals surface area contributed by atoms with Crippen LogP contribution in [0.25, 0.3) is 66.1 Å². The fourth-order valence-electron chi connectivity index (χ4n) is 9.34. The van der Waals surface area contributed by atoms with Gasteiger partial charge in [0.1, 0.15) is 0 Å². The topological polar surface area (TPSA) is 3.24 Å². The lowest BCUT2D eigenvalue weighted by atomic mass is 9.80. The number of rotatable bonds is 7. The van der Waals surface area contributed by atoms with E-state index in [0.717, 1.165) is 11.4 Å². The normalized spacial score (nSPS) is 13.1. The lowest BCUT2D eigenvalue weighted by Crippen LogP contribution is -2.37. The molecule has 0 amide bonds. The molecule has 9 aromatic rings. The van der Waals surface area contributed by atoms with Crippen LogP contribution in [0.3, 0.4) is 0 Å². The standard InChI is InChI=1S/C56H47NSi/c1-56(2)51-22-14-13-21-50(51)55-52(56)36-35-47(40-15-7-6-8-16-40)54(55)41-25-23-38(24-26-41)39-27-29-43(30-28-39)57(44-31-33-45(34-32-44)58(3,4)5)53-37-42-17-9-10-18-46(42)48-19-11-12-20-49(48)53/h6-37H,1-5H3. The molecule has 0 radical (unpaired) electrons. The van der Waals surface area contributed by atoms with Crippen LogP contribution in [0, 0.1) is 0 Å². The van der Waals surface area contributed by atoms with Crippen molar-refractivity contribution in [2.24, 2.45) is 0 Å². The first-order chi connectivity index (χ1) is 28.2. The van der Waals surface area contributed by atoms with E-state index in [1.54, 1.807) is 0 Å². The molecule has 0 spiro atoms. The van der Waals surface area contributed by atoms with Gasteiger partial charge in [-0.05, 0) is 102 Å². The largest absolute Gasteiger partial charge is 0.310 e. The third-order valence-electron chi connectivity index (χ3n) is 12.4. The van der Waals surface area contributed by atoms with E-state index in [1.165, 1.54) is 88.1 Å². The van der Waals surface area contributed by atoms with Gasteiger partial charge in [0, 0.05) is 22.2 Å². The van der Waals surface area contributed by atoms with Crippen molar-refractivity contribution in [1.82, 2.24) is 0 Å². The molecule has 280 valence electrons. The maximum absolute atomic E-state index is 2.44. The van der Waals surface area contributed by atoms with Gasteiger partial charge in [0.05, 0.1) is 13.8 Å². The van der Waals surface area contributed by atoms with Gasteiger partial charge in [-0.3, -0.25) is 0 Å². The molecule has 0 atom stereocenters. The van der Waals surface area contributed by atoms with Gasteiger partial charge < -0.3 is 4.90 Å². The number of anilines is 3. The maximum atomic E-state index is 2.44. The van der Waals surface area contributed by atoms with E-state index in [1.807, 2.05) is 0 Å². The van der Waals surface area contributed by atoms with Gasteiger partial charge in [0.2, 0.25) is 0 Å². The van der Waals surface area contributed by atoms with Crippen molar-refractivity contribution >= 4 is 51.9 Å². The van der Waals surface area contributed by atoms with Gasteiger partial charge in [0.25, 0.3) is 0 Å². The van der Waals surface area contributed by atoms with Gasteiger partial charge in [-0.15, -0.1) is 0 Å². The first-order valence-corrected chi connectivity index (χ1v) is 24.0. The Morgan fingerprint density at radius 3 is 1.64 bits per heavy atom. The number of nitrogens with zero attached hydrogens (tertiary/aromatic N) is 1. The van der Waals surface area contributed by atoms with Crippen LogP contribution in [-0.2, 0) is 5.41 Å². The Labute approximate surface area is 343 Å². The van der Waals surface area contributed by atoms with Crippen molar-refractivity contribution in [3.05, 3.63) is 205 Å². The molecule has 58 heavy (non-hydrogen) atoms. The molecule has 1 aliphatic rings. The average Bonchev–Trinajstić information content (AvgIpc) is 3.50. The van der Waals surface area contributed by atoms with E-state index < -0.39 is 8.07 Å². The molecule has 0 saturated carbocycles. The first-order valence-electron chi connectivity index (χ1n) is 20.5. The number of fused-ring (bicyclic) bond motifs is 6. The zero-order chi connectivity index (χ0) is 39.6. The predicted molar refractivity (Wildman–Crippen MR) is 253 cm³/mol. The number of hydrogen-bond acceptors (Lipinski definition) is 1. The van der Waals surface area contributed by atoms with Crippen LogP contribution in [0.2, 0.25) is 19.6 Å². The number of benzene rings is 9. The minimum Gasteiger partial charge on any atom is -0.310 e. The minimum absolute atomic E-state index is 0.0685. The summed E-state index contributed by atoms with van der Waals surface area (Å²) in [6.07, 6.45) is 0. The van der Waals surface area contributed by atoms with Gasteiger partial charge >= 0.3 is 0 Å². The summed E-state index contributed by atoms with van der Waals surface area (Å²) in [4.78, 5) is 2.44. The number of hydrogen-bond donors (Lipinski definition) is 0. The Kier molecular flexibility index (Phi) is 8.58. The molecule has 0 heterocycles. The molecule has 0 N–H and O–H groups in total. The van der Waals surface area contributed by atoms with E-state index >= 15 is 0 Å². The van der Waals surface area contributed by atoms with E-state index in [9.17, 15) is 0 Å². The van der Waals surface area contributed by atoms with E-state index in [2.05, 4.69) is 233 Å². The van der Waals surface area contributed by atoms with Crippen LogP contribution in [0.5, 0.6) is 0 Å². The molecule has 2 heteroatoms. The van der Waals surface area contributed by atoms with Crippen molar-refractivity contribution in [2.75, 3.05) is 4.90 Å². The predicted octanol–water partition coefficient (Wildman–Crippen LogP) is 15.3. The lowest BCUT2D eigenvalue weighted by Gasteiger charge is -2.28. The van der Waals surface area contributed by atoms with E-state index in [0.29, 0.717) is 0 Å². The molecule has 1 nitrogen and oxygen atoms in total. The summed E-state index contributed by atoms with van der Waals surface area (Å²) in [7, 11) is -1.47. The van der Waals surface area contributed by atoms with Gasteiger partial charge in [-0.1, -0.05) is 202 Å². The zero-order valence-electron chi connectivity index (χ0n) is 33.9. The highest BCUT2D eigenvalue weighted by Crippen LogP contribution is 2.54. The van der Waals surface area contributed by atoms with Crippen molar-refractivity contribution in [3.63, 3.8) is 0 Å². The van der Waals surface area contributed by atoms with E-state index in [-0.39, 0.29) is 5.41 Å². The zero-order valence-corrected chi connectivity index (χ0v) is 34.9. The lowest BCUT2D eigenvalue weighted by molar-refractivity contribution is 0.660. The highest BCUT2D eigenvalue weighted by molar-refractivity contribution is 6.88. The highest BCUT2D eigenvalue weighted by Gasteiger charge is 2.37. The van der Waals surface area contributed by atoms with Gasteiger partial charge in [0.15, 0.2) is 0 Å². The van der Waals surface area contributed by atoms with Crippen LogP contribution in [0.15, 0.2) is 194 Å². The van der Waals surface area contributed by atoms with Crippen LogP contribution < -0.4 is 10.1 Å². The van der Waals surface area contributed by atoms with Crippen LogP contribution >= 0.6 is 0 Å². The SMILES string of the molecule is CC1(C)c2ccccc2-c2c1ccc(-c1ccccc1)c2-c1ccc(-c2ccc(N(c3ccc([Si](C)(C)C)cc3)c3cc4ccccc4c4ccccc34)cc2)cc1. The highest BCUT2D eigenvalue weighted by atomic mass is 28.3. The molecule has 0 saturated heterocycles. The van der Waals surface area contributed by atoms with Gasteiger partial charge in [-0.25, -0.2) is 0 Å². The summed E-state index contributed by atoms with van der Waals surface area (Å²) in [6, 6.07) is 72.2. The third kappa shape index (κ3) is 5.99. The molecule has 0 aliphatic heterocycles. The molecule has 10 rings (SSSR count). The summed E-state index contributed by atoms with van der Waals surface area (Å²) >= 11 is 0. The Morgan fingerprint density at radius 2 is 0.948 bits per heavy atom. The van der Waals surface area contributed by atoms with Crippen LogP contribution in [0.4, 0.5) is 17.1 Å². The second-order valence-electron chi connectivity index (χ2n) is 17.4. The molecular formula is C56H47NSi. The summed E-state index contributed by atoms with van der Waals surface area (Å²) in [5, 5.41) is 6.48. The Hall–Kier alpha value is -6.48. The Balaban J connectivity index is 1.07. The third-order valence-corrected chi connectivity index (χ3v) is 14.5. The van der Waals surface area contributed by atoms with Gasteiger partial charge in [-0.2, -0.15) is 0 Å². The van der Waals surface area contributed by atoms with Crippen LogP contribution in [0.1, 0.15) is 25.0 Å². The monoisotopic (exact) mass is 761 g/mol. The maximum Gasteiger partial charge on any atom is 0.0775 e. The van der Waals surface area contributed by atoms with Crippen LogP contribution in [-0.4, -0.2) is 8.07 Å². The molecular weight excluding hydrogens is 715 g/mol. The Morgan fingerprint density at radius 1 is 0.397 bits per heavy atom. The second kappa shape index (κ2) is 13.9. The smallest absolute Gasteiger partial charge is 0.0775 e. The van der Waals surface area contributed by atoms with Crippen molar-refractivity contribution < 1.29 is 0 Å². The molecule has 0 aromatic heterocycles. The Bertz CT molecular complexity index is 2970. The first kappa shape index (κ1) is 35.9.